The van der Waals surface area contributed by atoms with Crippen LogP contribution in [-0.4, -0.2) is 66.5 Å². The average Bonchev–Trinajstić information content (AvgIpc) is 3.16. The average molecular weight is 340 g/mol. The van der Waals surface area contributed by atoms with Crippen LogP contribution in [0.3, 0.4) is 0 Å². The summed E-state index contributed by atoms with van der Waals surface area (Å²) in [5.41, 5.74) is 2.66. The van der Waals surface area contributed by atoms with E-state index in [0.29, 0.717) is 13.1 Å². The van der Waals surface area contributed by atoms with E-state index in [1.165, 1.54) is 0 Å². The lowest BCUT2D eigenvalue weighted by molar-refractivity contribution is -0.132. The number of carbonyl (C=O) groups excluding carboxylic acids is 1. The van der Waals surface area contributed by atoms with Crippen molar-refractivity contribution >= 4 is 22.9 Å². The normalized spacial score (nSPS) is 15.1. The molecule has 0 bridgehead atoms. The van der Waals surface area contributed by atoms with Gasteiger partial charge in [-0.15, -0.1) is 0 Å². The fourth-order valence-corrected chi connectivity index (χ4v) is 3.16. The molecule has 3 aromatic rings. The van der Waals surface area contributed by atoms with Crippen LogP contribution in [-0.2, 0) is 18.4 Å². The SMILES string of the molecule is Cc1nn(C)c2cn(CC(=O)N3CCN(c4ncccn4)CC3)nc12. The fraction of sp³-hybridized carbons (Fsp3) is 0.438. The van der Waals surface area contributed by atoms with Crippen molar-refractivity contribution in [1.29, 1.82) is 0 Å². The summed E-state index contributed by atoms with van der Waals surface area (Å²) in [5, 5.41) is 8.81. The second kappa shape index (κ2) is 6.15. The van der Waals surface area contributed by atoms with Gasteiger partial charge in [-0.1, -0.05) is 0 Å². The number of aryl methyl sites for hydroxylation is 2. The quantitative estimate of drug-likeness (QED) is 0.678. The molecule has 9 heteroatoms. The van der Waals surface area contributed by atoms with Gasteiger partial charge in [0.15, 0.2) is 0 Å². The van der Waals surface area contributed by atoms with Gasteiger partial charge in [-0.25, -0.2) is 9.97 Å². The molecule has 0 spiro atoms. The zero-order valence-corrected chi connectivity index (χ0v) is 14.3. The van der Waals surface area contributed by atoms with E-state index in [1.54, 1.807) is 27.8 Å². The third-order valence-corrected chi connectivity index (χ3v) is 4.50. The molecule has 1 amide bonds. The smallest absolute Gasteiger partial charge is 0.244 e. The third-order valence-electron chi connectivity index (χ3n) is 4.50. The molecule has 1 fully saturated rings. The first-order chi connectivity index (χ1) is 12.1. The number of anilines is 1. The molecule has 25 heavy (non-hydrogen) atoms. The van der Waals surface area contributed by atoms with E-state index in [9.17, 15) is 4.79 Å². The summed E-state index contributed by atoms with van der Waals surface area (Å²) in [6, 6.07) is 1.80. The van der Waals surface area contributed by atoms with Gasteiger partial charge in [0.1, 0.15) is 17.6 Å². The maximum atomic E-state index is 12.6. The van der Waals surface area contributed by atoms with E-state index in [4.69, 9.17) is 0 Å². The van der Waals surface area contributed by atoms with E-state index in [2.05, 4.69) is 25.1 Å². The zero-order valence-electron chi connectivity index (χ0n) is 14.3. The maximum Gasteiger partial charge on any atom is 0.244 e. The number of aromatic nitrogens is 6. The summed E-state index contributed by atoms with van der Waals surface area (Å²) in [4.78, 5) is 25.1. The Labute approximate surface area is 144 Å². The van der Waals surface area contributed by atoms with E-state index < -0.39 is 0 Å². The Kier molecular flexibility index (Phi) is 3.83. The molecule has 0 aliphatic carbocycles. The molecule has 0 saturated carbocycles. The molecule has 0 radical (unpaired) electrons. The van der Waals surface area contributed by atoms with Crippen LogP contribution >= 0.6 is 0 Å². The van der Waals surface area contributed by atoms with Crippen LogP contribution in [0.1, 0.15) is 5.69 Å². The molecule has 130 valence electrons. The van der Waals surface area contributed by atoms with Crippen molar-refractivity contribution in [2.45, 2.75) is 13.5 Å². The number of fused-ring (bicyclic) bond motifs is 1. The molecule has 0 atom stereocenters. The Balaban J connectivity index is 1.39. The molecule has 0 N–H and O–H groups in total. The molecule has 4 heterocycles. The monoisotopic (exact) mass is 340 g/mol. The minimum Gasteiger partial charge on any atom is -0.338 e. The highest BCUT2D eigenvalue weighted by Gasteiger charge is 2.23. The first kappa shape index (κ1) is 15.6. The number of rotatable bonds is 3. The van der Waals surface area contributed by atoms with Crippen molar-refractivity contribution in [1.82, 2.24) is 34.4 Å². The van der Waals surface area contributed by atoms with Crippen molar-refractivity contribution in [2.75, 3.05) is 31.1 Å². The van der Waals surface area contributed by atoms with E-state index in [-0.39, 0.29) is 12.5 Å². The van der Waals surface area contributed by atoms with Crippen molar-refractivity contribution in [3.63, 3.8) is 0 Å². The zero-order chi connectivity index (χ0) is 17.4. The van der Waals surface area contributed by atoms with Crippen LogP contribution in [0.15, 0.2) is 24.7 Å². The van der Waals surface area contributed by atoms with Crippen LogP contribution in [0.25, 0.3) is 11.0 Å². The Morgan fingerprint density at radius 1 is 1.12 bits per heavy atom. The highest BCUT2D eigenvalue weighted by molar-refractivity contribution is 5.79. The summed E-state index contributed by atoms with van der Waals surface area (Å²) in [6.07, 6.45) is 5.35. The van der Waals surface area contributed by atoms with E-state index in [0.717, 1.165) is 35.8 Å². The minimum absolute atomic E-state index is 0.0760. The predicted octanol–water partition coefficient (Wildman–Crippen LogP) is 0.217. The fourth-order valence-electron chi connectivity index (χ4n) is 3.16. The molecule has 1 saturated heterocycles. The lowest BCUT2D eigenvalue weighted by Crippen LogP contribution is -2.50. The number of amides is 1. The van der Waals surface area contributed by atoms with Gasteiger partial charge in [-0.05, 0) is 13.0 Å². The van der Waals surface area contributed by atoms with Crippen molar-refractivity contribution in [3.8, 4) is 0 Å². The number of nitrogens with zero attached hydrogens (tertiary/aromatic N) is 8. The number of carbonyl (C=O) groups is 1. The molecule has 4 rings (SSSR count). The number of piperazine rings is 1. The Morgan fingerprint density at radius 2 is 1.84 bits per heavy atom. The van der Waals surface area contributed by atoms with Gasteiger partial charge >= 0.3 is 0 Å². The molecular weight excluding hydrogens is 320 g/mol. The minimum atomic E-state index is 0.0760. The molecule has 3 aromatic heterocycles. The Hall–Kier alpha value is -2.97. The summed E-state index contributed by atoms with van der Waals surface area (Å²) < 4.78 is 3.49. The van der Waals surface area contributed by atoms with Crippen LogP contribution in [0.4, 0.5) is 5.95 Å². The second-order valence-electron chi connectivity index (χ2n) is 6.19. The van der Waals surface area contributed by atoms with Crippen LogP contribution in [0, 0.1) is 6.92 Å². The second-order valence-corrected chi connectivity index (χ2v) is 6.19. The standard InChI is InChI=1S/C16H20N8O/c1-12-15-13(21(2)19-12)10-24(20-15)11-14(25)22-6-8-23(9-7-22)16-17-4-3-5-18-16/h3-5,10H,6-9,11H2,1-2H3. The highest BCUT2D eigenvalue weighted by Crippen LogP contribution is 2.15. The summed E-state index contributed by atoms with van der Waals surface area (Å²) in [7, 11) is 1.88. The summed E-state index contributed by atoms with van der Waals surface area (Å²) in [5.74, 6) is 0.794. The molecule has 1 aliphatic rings. The van der Waals surface area contributed by atoms with Crippen LogP contribution in [0.2, 0.25) is 0 Å². The van der Waals surface area contributed by atoms with Crippen LogP contribution in [0.5, 0.6) is 0 Å². The van der Waals surface area contributed by atoms with Gasteiger partial charge in [-0.3, -0.25) is 14.2 Å². The lowest BCUT2D eigenvalue weighted by atomic mass is 10.3. The highest BCUT2D eigenvalue weighted by atomic mass is 16.2. The summed E-state index contributed by atoms with van der Waals surface area (Å²) in [6.45, 7) is 4.97. The van der Waals surface area contributed by atoms with Crippen molar-refractivity contribution < 1.29 is 4.79 Å². The van der Waals surface area contributed by atoms with Gasteiger partial charge < -0.3 is 9.80 Å². The number of hydrogen-bond acceptors (Lipinski definition) is 6. The molecule has 1 aliphatic heterocycles. The lowest BCUT2D eigenvalue weighted by Gasteiger charge is -2.34. The predicted molar refractivity (Wildman–Crippen MR) is 92.1 cm³/mol. The first-order valence-corrected chi connectivity index (χ1v) is 8.28. The van der Waals surface area contributed by atoms with Gasteiger partial charge in [-0.2, -0.15) is 10.2 Å². The van der Waals surface area contributed by atoms with Crippen LogP contribution < -0.4 is 4.90 Å². The van der Waals surface area contributed by atoms with E-state index in [1.807, 2.05) is 25.1 Å². The molecule has 9 nitrogen and oxygen atoms in total. The number of hydrogen-bond donors (Lipinski definition) is 0. The molecular formula is C16H20N8O. The Bertz CT molecular complexity index is 857. The Morgan fingerprint density at radius 3 is 2.52 bits per heavy atom. The van der Waals surface area contributed by atoms with Crippen molar-refractivity contribution in [3.05, 3.63) is 30.4 Å². The molecule has 0 unspecified atom stereocenters. The third kappa shape index (κ3) is 2.92. The van der Waals surface area contributed by atoms with Gasteiger partial charge in [0, 0.05) is 45.6 Å². The van der Waals surface area contributed by atoms with Gasteiger partial charge in [0.05, 0.1) is 11.9 Å². The first-order valence-electron chi connectivity index (χ1n) is 8.28. The summed E-state index contributed by atoms with van der Waals surface area (Å²) >= 11 is 0. The largest absolute Gasteiger partial charge is 0.338 e. The van der Waals surface area contributed by atoms with Gasteiger partial charge in [0.25, 0.3) is 0 Å². The van der Waals surface area contributed by atoms with Gasteiger partial charge in [0.2, 0.25) is 11.9 Å². The maximum absolute atomic E-state index is 12.6. The van der Waals surface area contributed by atoms with E-state index >= 15 is 0 Å². The topological polar surface area (TPSA) is 85.0 Å². The molecule has 0 aromatic carbocycles. The van der Waals surface area contributed by atoms with Crippen molar-refractivity contribution in [2.24, 2.45) is 7.05 Å².